The molecular weight excluding hydrogens is 320 g/mol. The van der Waals surface area contributed by atoms with E-state index in [1.54, 1.807) is 0 Å². The van der Waals surface area contributed by atoms with Gasteiger partial charge in [-0.3, -0.25) is 15.1 Å². The SMILES string of the molecule is Cc1nc(NC(=O)C2=NCCN2)sc1Cc1ccc(Cl)cc1. The fourth-order valence-corrected chi connectivity index (χ4v) is 3.26. The van der Waals surface area contributed by atoms with Gasteiger partial charge < -0.3 is 5.32 Å². The number of hydrogen-bond acceptors (Lipinski definition) is 5. The molecule has 22 heavy (non-hydrogen) atoms. The molecule has 1 aromatic carbocycles. The molecule has 1 aliphatic rings. The Morgan fingerprint density at radius 2 is 2.18 bits per heavy atom. The molecule has 1 aromatic heterocycles. The second-order valence-corrected chi connectivity index (χ2v) is 6.46. The van der Waals surface area contributed by atoms with Gasteiger partial charge in [-0.1, -0.05) is 23.7 Å². The van der Waals surface area contributed by atoms with E-state index in [0.29, 0.717) is 24.1 Å². The van der Waals surface area contributed by atoms with E-state index in [9.17, 15) is 4.79 Å². The van der Waals surface area contributed by atoms with Crippen LogP contribution in [0.25, 0.3) is 0 Å². The Morgan fingerprint density at radius 1 is 1.41 bits per heavy atom. The molecule has 0 atom stereocenters. The highest BCUT2D eigenvalue weighted by atomic mass is 35.5. The van der Waals surface area contributed by atoms with Gasteiger partial charge in [0.25, 0.3) is 5.91 Å². The van der Waals surface area contributed by atoms with Crippen molar-refractivity contribution in [2.75, 3.05) is 18.4 Å². The molecule has 0 aliphatic carbocycles. The second-order valence-electron chi connectivity index (χ2n) is 4.94. The van der Waals surface area contributed by atoms with Gasteiger partial charge >= 0.3 is 0 Å². The average Bonchev–Trinajstić information content (AvgIpc) is 3.12. The van der Waals surface area contributed by atoms with Crippen molar-refractivity contribution in [3.63, 3.8) is 0 Å². The van der Waals surface area contributed by atoms with Gasteiger partial charge in [0.05, 0.1) is 12.2 Å². The molecule has 2 aromatic rings. The summed E-state index contributed by atoms with van der Waals surface area (Å²) in [6, 6.07) is 7.74. The van der Waals surface area contributed by atoms with Crippen molar-refractivity contribution >= 4 is 39.8 Å². The normalized spacial score (nSPS) is 13.6. The molecule has 3 rings (SSSR count). The van der Waals surface area contributed by atoms with Gasteiger partial charge in [0.2, 0.25) is 0 Å². The van der Waals surface area contributed by atoms with Crippen LogP contribution in [0.1, 0.15) is 16.1 Å². The summed E-state index contributed by atoms with van der Waals surface area (Å²) in [6.07, 6.45) is 0.774. The van der Waals surface area contributed by atoms with Crippen LogP contribution in [0.3, 0.4) is 0 Å². The number of aryl methyl sites for hydroxylation is 1. The Hall–Kier alpha value is -1.92. The number of rotatable bonds is 4. The number of halogens is 1. The van der Waals surface area contributed by atoms with Crippen molar-refractivity contribution in [2.24, 2.45) is 4.99 Å². The lowest BCUT2D eigenvalue weighted by molar-refractivity contribution is -0.110. The summed E-state index contributed by atoms with van der Waals surface area (Å²) in [4.78, 5) is 21.6. The second kappa shape index (κ2) is 6.46. The Balaban J connectivity index is 1.70. The molecule has 2 heterocycles. The number of thiazole rings is 1. The molecular formula is C15H15ClN4OS. The number of amides is 1. The number of nitrogens with one attached hydrogen (secondary N) is 2. The molecule has 0 radical (unpaired) electrons. The van der Waals surface area contributed by atoms with Crippen LogP contribution in [0, 0.1) is 6.92 Å². The van der Waals surface area contributed by atoms with Crippen molar-refractivity contribution < 1.29 is 4.79 Å². The highest BCUT2D eigenvalue weighted by Gasteiger charge is 2.17. The van der Waals surface area contributed by atoms with Crippen LogP contribution >= 0.6 is 22.9 Å². The number of anilines is 1. The average molecular weight is 335 g/mol. The van der Waals surface area contributed by atoms with Crippen LogP contribution in [-0.2, 0) is 11.2 Å². The third-order valence-corrected chi connectivity index (χ3v) is 4.61. The van der Waals surface area contributed by atoms with E-state index >= 15 is 0 Å². The summed E-state index contributed by atoms with van der Waals surface area (Å²) >= 11 is 7.38. The maximum absolute atomic E-state index is 12.0. The third kappa shape index (κ3) is 3.45. The zero-order valence-corrected chi connectivity index (χ0v) is 13.6. The van der Waals surface area contributed by atoms with Gasteiger partial charge in [-0.05, 0) is 24.6 Å². The molecule has 0 bridgehead atoms. The van der Waals surface area contributed by atoms with Gasteiger partial charge in [0.15, 0.2) is 11.0 Å². The first-order valence-corrected chi connectivity index (χ1v) is 8.11. The first kappa shape index (κ1) is 15.0. The maximum atomic E-state index is 12.0. The zero-order valence-electron chi connectivity index (χ0n) is 12.0. The van der Waals surface area contributed by atoms with Crippen LogP contribution in [0.5, 0.6) is 0 Å². The van der Waals surface area contributed by atoms with Gasteiger partial charge in [-0.2, -0.15) is 0 Å². The van der Waals surface area contributed by atoms with Crippen LogP contribution in [-0.4, -0.2) is 29.8 Å². The van der Waals surface area contributed by atoms with Gasteiger partial charge in [0, 0.05) is 22.9 Å². The Labute approximate surface area is 137 Å². The minimum atomic E-state index is -0.232. The maximum Gasteiger partial charge on any atom is 0.292 e. The monoisotopic (exact) mass is 334 g/mol. The van der Waals surface area contributed by atoms with Crippen LogP contribution < -0.4 is 10.6 Å². The summed E-state index contributed by atoms with van der Waals surface area (Å²) in [5, 5.41) is 7.06. The van der Waals surface area contributed by atoms with E-state index in [1.165, 1.54) is 11.3 Å². The van der Waals surface area contributed by atoms with Crippen molar-refractivity contribution in [2.45, 2.75) is 13.3 Å². The van der Waals surface area contributed by atoms with E-state index < -0.39 is 0 Å². The smallest absolute Gasteiger partial charge is 0.292 e. The van der Waals surface area contributed by atoms with E-state index in [1.807, 2.05) is 31.2 Å². The van der Waals surface area contributed by atoms with Gasteiger partial charge in [-0.25, -0.2) is 4.98 Å². The molecule has 0 fully saturated rings. The topological polar surface area (TPSA) is 66.4 Å². The first-order chi connectivity index (χ1) is 10.6. The fourth-order valence-electron chi connectivity index (χ4n) is 2.14. The number of hydrogen-bond donors (Lipinski definition) is 2. The summed E-state index contributed by atoms with van der Waals surface area (Å²) in [6.45, 7) is 3.30. The molecule has 1 amide bonds. The summed E-state index contributed by atoms with van der Waals surface area (Å²) in [5.41, 5.74) is 2.09. The molecule has 0 unspecified atom stereocenters. The van der Waals surface area contributed by atoms with E-state index in [4.69, 9.17) is 11.6 Å². The molecule has 5 nitrogen and oxygen atoms in total. The number of aliphatic imine (C=N–C) groups is 1. The van der Waals surface area contributed by atoms with Crippen molar-refractivity contribution in [1.29, 1.82) is 0 Å². The first-order valence-electron chi connectivity index (χ1n) is 6.92. The Bertz CT molecular complexity index is 724. The zero-order chi connectivity index (χ0) is 15.5. The highest BCUT2D eigenvalue weighted by molar-refractivity contribution is 7.16. The molecule has 114 valence electrons. The Morgan fingerprint density at radius 3 is 2.86 bits per heavy atom. The van der Waals surface area contributed by atoms with Crippen LogP contribution in [0.4, 0.5) is 5.13 Å². The fraction of sp³-hybridized carbons (Fsp3) is 0.267. The molecule has 2 N–H and O–H groups in total. The molecule has 0 saturated heterocycles. The lowest BCUT2D eigenvalue weighted by Crippen LogP contribution is -2.32. The minimum Gasteiger partial charge on any atom is -0.364 e. The summed E-state index contributed by atoms with van der Waals surface area (Å²) < 4.78 is 0. The molecule has 0 spiro atoms. The largest absolute Gasteiger partial charge is 0.364 e. The lowest BCUT2D eigenvalue weighted by Gasteiger charge is -2.01. The van der Waals surface area contributed by atoms with Gasteiger partial charge in [0.1, 0.15) is 0 Å². The van der Waals surface area contributed by atoms with Crippen molar-refractivity contribution in [1.82, 2.24) is 10.3 Å². The summed E-state index contributed by atoms with van der Waals surface area (Å²) in [7, 11) is 0. The number of carbonyl (C=O) groups excluding carboxylic acids is 1. The minimum absolute atomic E-state index is 0.232. The van der Waals surface area contributed by atoms with Crippen LogP contribution in [0.15, 0.2) is 29.3 Å². The number of benzene rings is 1. The molecule has 0 saturated carbocycles. The predicted molar refractivity (Wildman–Crippen MR) is 90.0 cm³/mol. The quantitative estimate of drug-likeness (QED) is 0.903. The van der Waals surface area contributed by atoms with E-state index in [2.05, 4.69) is 20.6 Å². The predicted octanol–water partition coefficient (Wildman–Crippen LogP) is 2.64. The van der Waals surface area contributed by atoms with E-state index in [-0.39, 0.29) is 5.91 Å². The van der Waals surface area contributed by atoms with E-state index in [0.717, 1.165) is 27.6 Å². The Kier molecular flexibility index (Phi) is 4.40. The highest BCUT2D eigenvalue weighted by Crippen LogP contribution is 2.25. The molecule has 1 aliphatic heterocycles. The number of aromatic nitrogens is 1. The number of nitrogens with zero attached hydrogens (tertiary/aromatic N) is 2. The van der Waals surface area contributed by atoms with Gasteiger partial charge in [-0.15, -0.1) is 11.3 Å². The number of amidine groups is 1. The van der Waals surface area contributed by atoms with Crippen molar-refractivity contribution in [3.05, 3.63) is 45.4 Å². The summed E-state index contributed by atoms with van der Waals surface area (Å²) in [5.74, 6) is 0.149. The van der Waals surface area contributed by atoms with Crippen molar-refractivity contribution in [3.8, 4) is 0 Å². The standard InChI is InChI=1S/C15H15ClN4OS/c1-9-12(8-10-2-4-11(16)5-3-10)22-15(19-9)20-14(21)13-17-6-7-18-13/h2-5H,6-8H2,1H3,(H,17,18)(H,19,20,21). The third-order valence-electron chi connectivity index (χ3n) is 3.28. The number of carbonyl (C=O) groups is 1. The lowest BCUT2D eigenvalue weighted by atomic mass is 10.1. The van der Waals surface area contributed by atoms with Crippen LogP contribution in [0.2, 0.25) is 5.02 Å². The molecule has 7 heteroatoms.